The number of rotatable bonds is 4. The summed E-state index contributed by atoms with van der Waals surface area (Å²) in [5.41, 5.74) is -1.66. The van der Waals surface area contributed by atoms with Gasteiger partial charge in [0.15, 0.2) is 0 Å². The molecule has 1 amide bonds. The van der Waals surface area contributed by atoms with Gasteiger partial charge in [0, 0.05) is 24.2 Å². The molecule has 1 aromatic rings. The van der Waals surface area contributed by atoms with Gasteiger partial charge < -0.3 is 10.6 Å². The van der Waals surface area contributed by atoms with Crippen LogP contribution in [0.25, 0.3) is 0 Å². The minimum atomic E-state index is -4.58. The Hall–Kier alpha value is -2.23. The van der Waals surface area contributed by atoms with Gasteiger partial charge in [-0.05, 0) is 18.2 Å². The van der Waals surface area contributed by atoms with Crippen molar-refractivity contribution in [2.45, 2.75) is 26.9 Å². The number of carbonyl (C=O) groups excluding carboxylic acids is 1. The van der Waals surface area contributed by atoms with Crippen molar-refractivity contribution in [3.63, 3.8) is 0 Å². The predicted molar refractivity (Wildman–Crippen MR) is 77.1 cm³/mol. The van der Waals surface area contributed by atoms with Crippen molar-refractivity contribution in [2.24, 2.45) is 5.41 Å². The topological polar surface area (TPSA) is 64.9 Å². The Kier molecular flexibility index (Phi) is 5.42. The van der Waals surface area contributed by atoms with Gasteiger partial charge in [-0.15, -0.1) is 0 Å². The lowest BCUT2D eigenvalue weighted by Crippen LogP contribution is -2.37. The molecular weight excluding hydrogens is 295 g/mol. The Morgan fingerprint density at radius 2 is 1.86 bits per heavy atom. The lowest BCUT2D eigenvalue weighted by atomic mass is 9.96. The second kappa shape index (κ2) is 6.69. The van der Waals surface area contributed by atoms with Crippen molar-refractivity contribution in [3.05, 3.63) is 29.3 Å². The van der Waals surface area contributed by atoms with Crippen LogP contribution >= 0.6 is 0 Å². The number of carbonyl (C=O) groups is 1. The summed E-state index contributed by atoms with van der Waals surface area (Å²) in [6, 6.07) is 4.94. The van der Waals surface area contributed by atoms with Crippen LogP contribution in [0.4, 0.5) is 18.9 Å². The van der Waals surface area contributed by atoms with Crippen LogP contribution in [0.15, 0.2) is 18.2 Å². The average Bonchev–Trinajstić information content (AvgIpc) is 2.41. The SMILES string of the molecule is CC(C)(C)C(=O)NCCNc1ccc(C#N)c(C(F)(F)F)c1. The van der Waals surface area contributed by atoms with E-state index in [1.54, 1.807) is 20.8 Å². The molecule has 0 spiro atoms. The summed E-state index contributed by atoms with van der Waals surface area (Å²) < 4.78 is 38.4. The van der Waals surface area contributed by atoms with E-state index in [0.29, 0.717) is 0 Å². The smallest absolute Gasteiger partial charge is 0.383 e. The van der Waals surface area contributed by atoms with Gasteiger partial charge in [0.1, 0.15) is 0 Å². The average molecular weight is 313 g/mol. The van der Waals surface area contributed by atoms with Crippen molar-refractivity contribution in [3.8, 4) is 6.07 Å². The molecule has 0 aliphatic heterocycles. The number of nitrogens with zero attached hydrogens (tertiary/aromatic N) is 1. The minimum absolute atomic E-state index is 0.134. The first-order valence-electron chi connectivity index (χ1n) is 6.69. The minimum Gasteiger partial charge on any atom is -0.383 e. The van der Waals surface area contributed by atoms with Crippen LogP contribution < -0.4 is 10.6 Å². The Labute approximate surface area is 127 Å². The molecule has 22 heavy (non-hydrogen) atoms. The first kappa shape index (κ1) is 17.8. The molecule has 1 rings (SSSR count). The van der Waals surface area contributed by atoms with Gasteiger partial charge in [-0.3, -0.25) is 4.79 Å². The summed E-state index contributed by atoms with van der Waals surface area (Å²) in [6.45, 7) is 5.88. The Morgan fingerprint density at radius 3 is 2.36 bits per heavy atom. The van der Waals surface area contributed by atoms with Gasteiger partial charge in [0.05, 0.1) is 17.2 Å². The summed E-state index contributed by atoms with van der Waals surface area (Å²) in [7, 11) is 0. The number of benzene rings is 1. The highest BCUT2D eigenvalue weighted by atomic mass is 19.4. The first-order chi connectivity index (χ1) is 10.1. The monoisotopic (exact) mass is 313 g/mol. The van der Waals surface area contributed by atoms with Gasteiger partial charge in [-0.25, -0.2) is 0 Å². The third kappa shape index (κ3) is 4.95. The Balaban J connectivity index is 2.65. The largest absolute Gasteiger partial charge is 0.417 e. The molecule has 0 atom stereocenters. The van der Waals surface area contributed by atoms with Crippen LogP contribution in [0.1, 0.15) is 31.9 Å². The van der Waals surface area contributed by atoms with Gasteiger partial charge in [0.25, 0.3) is 0 Å². The van der Waals surface area contributed by atoms with Gasteiger partial charge in [0.2, 0.25) is 5.91 Å². The maximum atomic E-state index is 12.8. The fraction of sp³-hybridized carbons (Fsp3) is 0.467. The third-order valence-corrected chi connectivity index (χ3v) is 2.87. The van der Waals surface area contributed by atoms with Crippen LogP contribution in [-0.4, -0.2) is 19.0 Å². The highest BCUT2D eigenvalue weighted by Gasteiger charge is 2.33. The maximum Gasteiger partial charge on any atom is 0.417 e. The zero-order valence-electron chi connectivity index (χ0n) is 12.6. The number of nitriles is 1. The molecule has 7 heteroatoms. The lowest BCUT2D eigenvalue weighted by molar-refractivity contribution is -0.137. The molecule has 0 saturated carbocycles. The van der Waals surface area contributed by atoms with Crippen LogP contribution in [0.2, 0.25) is 0 Å². The zero-order valence-corrected chi connectivity index (χ0v) is 12.6. The summed E-state index contributed by atoms with van der Waals surface area (Å²) in [4.78, 5) is 11.6. The molecule has 0 bridgehead atoms. The first-order valence-corrected chi connectivity index (χ1v) is 6.69. The second-order valence-electron chi connectivity index (χ2n) is 5.80. The van der Waals surface area contributed by atoms with E-state index in [-0.39, 0.29) is 24.7 Å². The van der Waals surface area contributed by atoms with Crippen LogP contribution in [0.5, 0.6) is 0 Å². The van der Waals surface area contributed by atoms with E-state index in [9.17, 15) is 18.0 Å². The van der Waals surface area contributed by atoms with E-state index in [4.69, 9.17) is 5.26 Å². The normalized spacial score (nSPS) is 11.7. The molecule has 0 heterocycles. The molecule has 0 aromatic heterocycles. The molecule has 1 aromatic carbocycles. The molecular formula is C15H18F3N3O. The maximum absolute atomic E-state index is 12.8. The predicted octanol–water partition coefficient (Wildman–Crippen LogP) is 3.15. The van der Waals surface area contributed by atoms with Crippen molar-refractivity contribution in [2.75, 3.05) is 18.4 Å². The Bertz CT molecular complexity index is 583. The quantitative estimate of drug-likeness (QED) is 0.839. The number of halogens is 3. The molecule has 2 N–H and O–H groups in total. The molecule has 0 fully saturated rings. The number of nitrogens with one attached hydrogen (secondary N) is 2. The highest BCUT2D eigenvalue weighted by molar-refractivity contribution is 5.81. The molecule has 0 saturated heterocycles. The van der Waals surface area contributed by atoms with Crippen LogP contribution in [0, 0.1) is 16.7 Å². The highest BCUT2D eigenvalue weighted by Crippen LogP contribution is 2.33. The standard InChI is InChI=1S/C15H18F3N3O/c1-14(2,3)13(22)21-7-6-20-11-5-4-10(9-19)12(8-11)15(16,17)18/h4-5,8,20H,6-7H2,1-3H3,(H,21,22). The van der Waals surface area contributed by atoms with E-state index < -0.39 is 22.7 Å². The van der Waals surface area contributed by atoms with Crippen LogP contribution in [0.3, 0.4) is 0 Å². The zero-order chi connectivity index (χ0) is 17.0. The summed E-state index contributed by atoms with van der Waals surface area (Å²) in [5, 5.41) is 14.2. The fourth-order valence-electron chi connectivity index (χ4n) is 1.63. The lowest BCUT2D eigenvalue weighted by Gasteiger charge is -2.18. The summed E-state index contributed by atoms with van der Waals surface area (Å²) in [5.74, 6) is -0.134. The number of anilines is 1. The number of amides is 1. The number of hydrogen-bond donors (Lipinski definition) is 2. The summed E-state index contributed by atoms with van der Waals surface area (Å²) in [6.07, 6.45) is -4.58. The number of hydrogen-bond acceptors (Lipinski definition) is 3. The van der Waals surface area contributed by atoms with Gasteiger partial charge >= 0.3 is 6.18 Å². The molecule has 0 radical (unpaired) electrons. The van der Waals surface area contributed by atoms with Gasteiger partial charge in [-0.2, -0.15) is 18.4 Å². The molecule has 0 unspecified atom stereocenters. The Morgan fingerprint density at radius 1 is 1.23 bits per heavy atom. The third-order valence-electron chi connectivity index (χ3n) is 2.87. The molecule has 0 aliphatic rings. The van der Waals surface area contributed by atoms with E-state index in [1.807, 2.05) is 0 Å². The second-order valence-corrected chi connectivity index (χ2v) is 5.80. The van der Waals surface area contributed by atoms with Crippen molar-refractivity contribution in [1.29, 1.82) is 5.26 Å². The van der Waals surface area contributed by atoms with Crippen molar-refractivity contribution in [1.82, 2.24) is 5.32 Å². The van der Waals surface area contributed by atoms with E-state index in [1.165, 1.54) is 12.1 Å². The molecule has 120 valence electrons. The van der Waals surface area contributed by atoms with Crippen LogP contribution in [-0.2, 0) is 11.0 Å². The molecule has 4 nitrogen and oxygen atoms in total. The van der Waals surface area contributed by atoms with E-state index >= 15 is 0 Å². The number of alkyl halides is 3. The van der Waals surface area contributed by atoms with E-state index in [2.05, 4.69) is 10.6 Å². The fourth-order valence-corrected chi connectivity index (χ4v) is 1.63. The van der Waals surface area contributed by atoms with Gasteiger partial charge in [-0.1, -0.05) is 20.8 Å². The van der Waals surface area contributed by atoms with Crippen molar-refractivity contribution >= 4 is 11.6 Å². The molecule has 0 aliphatic carbocycles. The van der Waals surface area contributed by atoms with E-state index in [0.717, 1.165) is 12.1 Å². The van der Waals surface area contributed by atoms with Crippen molar-refractivity contribution < 1.29 is 18.0 Å². The summed E-state index contributed by atoms with van der Waals surface area (Å²) >= 11 is 0.